The van der Waals surface area contributed by atoms with Crippen molar-refractivity contribution in [3.8, 4) is 0 Å². The smallest absolute Gasteiger partial charge is 0.306 e. The fraction of sp³-hybridized carbons (Fsp3) is 0.759. The molecule has 6 nitrogen and oxygen atoms in total. The van der Waals surface area contributed by atoms with Crippen molar-refractivity contribution >= 4 is 17.9 Å². The summed E-state index contributed by atoms with van der Waals surface area (Å²) in [5.41, 5.74) is 0. The van der Waals surface area contributed by atoms with Gasteiger partial charge in [-0.05, 0) is 83.5 Å². The molecule has 0 aromatic carbocycles. The van der Waals surface area contributed by atoms with Gasteiger partial charge in [-0.25, -0.2) is 0 Å². The number of allylic oxidation sites excluding steroid dienone is 10. The van der Waals surface area contributed by atoms with Gasteiger partial charge in [-0.2, -0.15) is 0 Å². The number of hydrogen-bond donors (Lipinski definition) is 0. The van der Waals surface area contributed by atoms with Crippen molar-refractivity contribution in [2.75, 3.05) is 13.2 Å². The fourth-order valence-electron chi connectivity index (χ4n) is 6.96. The highest BCUT2D eigenvalue weighted by Gasteiger charge is 2.19. The lowest BCUT2D eigenvalue weighted by Crippen LogP contribution is -2.30. The first-order valence-corrected chi connectivity index (χ1v) is 25.3. The van der Waals surface area contributed by atoms with Crippen LogP contribution in [0, 0.1) is 0 Å². The van der Waals surface area contributed by atoms with Gasteiger partial charge in [0.2, 0.25) is 0 Å². The zero-order valence-corrected chi connectivity index (χ0v) is 39.5. The van der Waals surface area contributed by atoms with Crippen molar-refractivity contribution in [1.29, 1.82) is 0 Å². The first kappa shape index (κ1) is 57.1. The van der Waals surface area contributed by atoms with Crippen molar-refractivity contribution in [1.82, 2.24) is 0 Å². The summed E-state index contributed by atoms with van der Waals surface area (Å²) in [5, 5.41) is 0. The third kappa shape index (κ3) is 46.2. The molecule has 0 aliphatic rings. The molecular weight excluding hydrogens is 745 g/mol. The summed E-state index contributed by atoms with van der Waals surface area (Å²) in [6.07, 6.45) is 59.4. The third-order valence-corrected chi connectivity index (χ3v) is 10.8. The number of hydrogen-bond acceptors (Lipinski definition) is 6. The number of rotatable bonds is 45. The van der Waals surface area contributed by atoms with Crippen LogP contribution in [0.25, 0.3) is 0 Å². The Bertz CT molecular complexity index is 1100. The Kier molecular flexibility index (Phi) is 46.4. The molecule has 0 N–H and O–H groups in total. The molecule has 346 valence electrons. The fourth-order valence-corrected chi connectivity index (χ4v) is 6.96. The molecule has 0 bridgehead atoms. The van der Waals surface area contributed by atoms with E-state index in [-0.39, 0.29) is 31.1 Å². The van der Waals surface area contributed by atoms with Gasteiger partial charge < -0.3 is 14.2 Å². The second-order valence-electron chi connectivity index (χ2n) is 16.7. The topological polar surface area (TPSA) is 78.9 Å². The highest BCUT2D eigenvalue weighted by Crippen LogP contribution is 2.14. The number of unbranched alkanes of at least 4 members (excludes halogenated alkanes) is 24. The molecule has 0 rings (SSSR count). The zero-order valence-electron chi connectivity index (χ0n) is 39.5. The van der Waals surface area contributed by atoms with Gasteiger partial charge in [-0.3, -0.25) is 14.4 Å². The average Bonchev–Trinajstić information content (AvgIpc) is 3.24. The molecule has 0 saturated heterocycles. The van der Waals surface area contributed by atoms with Gasteiger partial charge >= 0.3 is 17.9 Å². The zero-order chi connectivity index (χ0) is 43.7. The maximum absolute atomic E-state index is 12.7. The number of esters is 3. The summed E-state index contributed by atoms with van der Waals surface area (Å²) in [6, 6.07) is 0. The molecule has 6 heteroatoms. The molecule has 1 unspecified atom stereocenters. The van der Waals surface area contributed by atoms with E-state index >= 15 is 0 Å². The van der Waals surface area contributed by atoms with E-state index < -0.39 is 6.10 Å². The van der Waals surface area contributed by atoms with Gasteiger partial charge in [0.1, 0.15) is 13.2 Å². The van der Waals surface area contributed by atoms with Crippen molar-refractivity contribution in [3.63, 3.8) is 0 Å². The lowest BCUT2D eigenvalue weighted by Gasteiger charge is -2.18. The van der Waals surface area contributed by atoms with Crippen molar-refractivity contribution in [2.24, 2.45) is 0 Å². The number of carbonyl (C=O) groups excluding carboxylic acids is 3. The minimum atomic E-state index is -0.778. The van der Waals surface area contributed by atoms with E-state index in [4.69, 9.17) is 14.2 Å². The quantitative estimate of drug-likeness (QED) is 0.0263. The predicted molar refractivity (Wildman–Crippen MR) is 256 cm³/mol. The molecule has 0 spiro atoms. The summed E-state index contributed by atoms with van der Waals surface area (Å²) in [5.74, 6) is -0.906. The van der Waals surface area contributed by atoms with Crippen LogP contribution in [0.15, 0.2) is 60.8 Å². The van der Waals surface area contributed by atoms with E-state index in [1.807, 2.05) is 0 Å². The first-order chi connectivity index (χ1) is 29.5. The van der Waals surface area contributed by atoms with Crippen LogP contribution in [0.4, 0.5) is 0 Å². The van der Waals surface area contributed by atoms with E-state index in [9.17, 15) is 14.4 Å². The molecule has 0 aromatic rings. The van der Waals surface area contributed by atoms with Gasteiger partial charge in [-0.15, -0.1) is 0 Å². The van der Waals surface area contributed by atoms with Crippen LogP contribution in [0.3, 0.4) is 0 Å². The summed E-state index contributed by atoms with van der Waals surface area (Å²) in [6.45, 7) is 6.45. The van der Waals surface area contributed by atoms with Crippen LogP contribution in [0.1, 0.15) is 245 Å². The average molecular weight is 839 g/mol. The van der Waals surface area contributed by atoms with Crippen LogP contribution in [0.2, 0.25) is 0 Å². The SMILES string of the molecule is CC/C=C\C/C=C\C/C=C\C/C=C\CCCCCCCCC(=O)OCC(COC(=O)CCCCCCCC)OC(=O)CCCCCCCCC/C=C\CCCCCCCC. The van der Waals surface area contributed by atoms with Crippen molar-refractivity contribution < 1.29 is 28.6 Å². The highest BCUT2D eigenvalue weighted by molar-refractivity contribution is 5.71. The summed E-state index contributed by atoms with van der Waals surface area (Å²) in [4.78, 5) is 37.7. The third-order valence-electron chi connectivity index (χ3n) is 10.8. The molecule has 0 radical (unpaired) electrons. The molecule has 60 heavy (non-hydrogen) atoms. The predicted octanol–water partition coefficient (Wildman–Crippen LogP) is 16.5. The van der Waals surface area contributed by atoms with Crippen LogP contribution in [-0.2, 0) is 28.6 Å². The molecule has 0 fully saturated rings. The van der Waals surface area contributed by atoms with Gasteiger partial charge in [0.15, 0.2) is 6.10 Å². The van der Waals surface area contributed by atoms with Gasteiger partial charge in [0, 0.05) is 19.3 Å². The van der Waals surface area contributed by atoms with E-state index in [1.165, 1.54) is 116 Å². The van der Waals surface area contributed by atoms with Crippen LogP contribution in [-0.4, -0.2) is 37.2 Å². The monoisotopic (exact) mass is 839 g/mol. The molecule has 0 aliphatic carbocycles. The second kappa shape index (κ2) is 48.8. The van der Waals surface area contributed by atoms with E-state index in [1.54, 1.807) is 0 Å². The lowest BCUT2D eigenvalue weighted by atomic mass is 10.1. The minimum absolute atomic E-state index is 0.0805. The van der Waals surface area contributed by atoms with Crippen LogP contribution in [0.5, 0.6) is 0 Å². The lowest BCUT2D eigenvalue weighted by molar-refractivity contribution is -0.167. The molecule has 1 atom stereocenters. The Morgan fingerprint density at radius 1 is 0.350 bits per heavy atom. The Labute approximate surface area is 370 Å². The summed E-state index contributed by atoms with van der Waals surface area (Å²) >= 11 is 0. The number of ether oxygens (including phenoxy) is 3. The summed E-state index contributed by atoms with van der Waals surface area (Å²) in [7, 11) is 0. The molecule has 0 heterocycles. The minimum Gasteiger partial charge on any atom is -0.462 e. The highest BCUT2D eigenvalue weighted by atomic mass is 16.6. The Morgan fingerprint density at radius 3 is 1.03 bits per heavy atom. The molecule has 0 amide bonds. The maximum atomic E-state index is 12.7. The van der Waals surface area contributed by atoms with Crippen LogP contribution >= 0.6 is 0 Å². The Balaban J connectivity index is 4.25. The molecule has 0 saturated carbocycles. The van der Waals surface area contributed by atoms with Gasteiger partial charge in [0.05, 0.1) is 0 Å². The maximum Gasteiger partial charge on any atom is 0.306 e. The molecule has 0 aromatic heterocycles. The molecular formula is C54H94O6. The molecule has 0 aliphatic heterocycles. The standard InChI is InChI=1S/C54H94O6/c1-4-7-10-13-16-18-20-22-24-26-27-29-30-32-34-36-38-41-44-47-53(56)59-50-51(49-58-52(55)46-43-40-15-12-9-6-3)60-54(57)48-45-42-39-37-35-33-31-28-25-23-21-19-17-14-11-8-5-2/h7,10,16,18,22-25,27,29,51H,4-6,8-9,11-15,17,19-21,26,28,30-50H2,1-3H3/b10-7-,18-16-,24-22-,25-23-,29-27-. The summed E-state index contributed by atoms with van der Waals surface area (Å²) < 4.78 is 16.7. The largest absolute Gasteiger partial charge is 0.462 e. The van der Waals surface area contributed by atoms with Crippen molar-refractivity contribution in [3.05, 3.63) is 60.8 Å². The van der Waals surface area contributed by atoms with E-state index in [2.05, 4.69) is 81.5 Å². The Morgan fingerprint density at radius 2 is 0.650 bits per heavy atom. The van der Waals surface area contributed by atoms with Gasteiger partial charge in [-0.1, -0.05) is 204 Å². The van der Waals surface area contributed by atoms with Gasteiger partial charge in [0.25, 0.3) is 0 Å². The Hall–Kier alpha value is -2.89. The van der Waals surface area contributed by atoms with Crippen LogP contribution < -0.4 is 0 Å². The van der Waals surface area contributed by atoms with E-state index in [0.717, 1.165) is 89.9 Å². The van der Waals surface area contributed by atoms with Crippen molar-refractivity contribution in [2.45, 2.75) is 252 Å². The normalized spacial score (nSPS) is 12.5. The second-order valence-corrected chi connectivity index (χ2v) is 16.7. The first-order valence-electron chi connectivity index (χ1n) is 25.3. The van der Waals surface area contributed by atoms with E-state index in [0.29, 0.717) is 19.3 Å². The number of carbonyl (C=O) groups is 3.